The normalized spacial score (nSPS) is 20.6. The van der Waals surface area contributed by atoms with Crippen LogP contribution in [0.4, 0.5) is 11.5 Å². The van der Waals surface area contributed by atoms with E-state index >= 15 is 0 Å². The summed E-state index contributed by atoms with van der Waals surface area (Å²) < 4.78 is 12.9. The summed E-state index contributed by atoms with van der Waals surface area (Å²) in [7, 11) is 0. The summed E-state index contributed by atoms with van der Waals surface area (Å²) in [5, 5.41) is 30.7. The molecule has 1 aromatic heterocycles. The predicted molar refractivity (Wildman–Crippen MR) is 148 cm³/mol. The molecule has 0 bridgehead atoms. The molecule has 2 fully saturated rings. The summed E-state index contributed by atoms with van der Waals surface area (Å²) in [6.45, 7) is 1.25. The average molecular weight is 527 g/mol. The van der Waals surface area contributed by atoms with Gasteiger partial charge in [0.25, 0.3) is 11.9 Å². The van der Waals surface area contributed by atoms with Crippen LogP contribution < -0.4 is 16.0 Å². The molecule has 0 unspecified atom stereocenters. The third-order valence-electron chi connectivity index (χ3n) is 7.16. The van der Waals surface area contributed by atoms with E-state index in [1.165, 1.54) is 0 Å². The van der Waals surface area contributed by atoms with Crippen molar-refractivity contribution in [2.45, 2.75) is 43.9 Å². The van der Waals surface area contributed by atoms with Crippen molar-refractivity contribution in [1.29, 1.82) is 10.8 Å². The van der Waals surface area contributed by atoms with Gasteiger partial charge in [0.05, 0.1) is 35.7 Å². The monoisotopic (exact) mass is 526 g/mol. The number of aliphatic imine (C=N–C) groups is 1. The largest absolute Gasteiger partial charge is 0.407 e. The van der Waals surface area contributed by atoms with Crippen molar-refractivity contribution < 1.29 is 14.3 Å². The van der Waals surface area contributed by atoms with Crippen LogP contribution in [0, 0.1) is 10.8 Å². The number of hydrogen-bond acceptors (Lipinski definition) is 8. The molecule has 1 saturated carbocycles. The Hall–Kier alpha value is -4.51. The number of carbonyl (C=O) groups excluding carboxylic acids is 1. The molecule has 1 saturated heterocycles. The van der Waals surface area contributed by atoms with Gasteiger partial charge in [-0.3, -0.25) is 20.3 Å². The van der Waals surface area contributed by atoms with E-state index in [9.17, 15) is 4.79 Å². The number of carbonyl (C=O) groups is 1. The Labute approximate surface area is 225 Å². The second-order valence-corrected chi connectivity index (χ2v) is 9.85. The molecule has 1 aliphatic carbocycles. The van der Waals surface area contributed by atoms with E-state index in [4.69, 9.17) is 20.3 Å². The maximum absolute atomic E-state index is 13.1. The van der Waals surface area contributed by atoms with E-state index in [1.807, 2.05) is 59.3 Å². The van der Waals surface area contributed by atoms with Gasteiger partial charge in [0, 0.05) is 23.9 Å². The average Bonchev–Trinajstić information content (AvgIpc) is 3.54. The van der Waals surface area contributed by atoms with Gasteiger partial charge in [-0.2, -0.15) is 5.10 Å². The van der Waals surface area contributed by atoms with Crippen molar-refractivity contribution in [3.05, 3.63) is 77.5 Å². The van der Waals surface area contributed by atoms with Gasteiger partial charge < -0.3 is 25.4 Å². The van der Waals surface area contributed by atoms with Crippen LogP contribution in [0.2, 0.25) is 0 Å². The number of nitrogens with one attached hydrogen (secondary N) is 5. The highest BCUT2D eigenvalue weighted by atomic mass is 16.5. The topological polar surface area (TPSA) is 150 Å². The molecule has 3 aliphatic rings. The molecule has 0 spiro atoms. The first kappa shape index (κ1) is 24.8. The van der Waals surface area contributed by atoms with Crippen molar-refractivity contribution in [2.24, 2.45) is 4.99 Å². The number of para-hydroxylation sites is 1. The number of nitrogens with zero attached hydrogens (tertiary/aromatic N) is 3. The fourth-order valence-electron chi connectivity index (χ4n) is 4.84. The van der Waals surface area contributed by atoms with Gasteiger partial charge in [0.2, 0.25) is 12.1 Å². The molecule has 2 aliphatic heterocycles. The van der Waals surface area contributed by atoms with Crippen LogP contribution in [0.15, 0.2) is 65.8 Å². The molecule has 200 valence electrons. The summed E-state index contributed by atoms with van der Waals surface area (Å²) in [6, 6.07) is 16.9. The zero-order valence-electron chi connectivity index (χ0n) is 21.3. The number of amidine groups is 1. The molecule has 0 radical (unpaired) electrons. The van der Waals surface area contributed by atoms with E-state index in [0.717, 1.165) is 36.8 Å². The van der Waals surface area contributed by atoms with Crippen LogP contribution in [0.5, 0.6) is 0 Å². The Kier molecular flexibility index (Phi) is 6.80. The number of aromatic nitrogens is 2. The molecule has 2 atom stereocenters. The van der Waals surface area contributed by atoms with Crippen molar-refractivity contribution >= 4 is 35.0 Å². The van der Waals surface area contributed by atoms with Crippen molar-refractivity contribution in [3.63, 3.8) is 0 Å². The number of rotatable bonds is 6. The van der Waals surface area contributed by atoms with Crippen LogP contribution in [0.25, 0.3) is 0 Å². The summed E-state index contributed by atoms with van der Waals surface area (Å²) in [6.07, 6.45) is 4.74. The number of hydrogen-bond donors (Lipinski definition) is 5. The maximum atomic E-state index is 13.1. The summed E-state index contributed by atoms with van der Waals surface area (Å²) in [5.41, 5.74) is 3.30. The Morgan fingerprint density at radius 1 is 1.08 bits per heavy atom. The molecule has 5 N–H and O–H groups in total. The number of ether oxygens (including phenoxy) is 2. The van der Waals surface area contributed by atoms with E-state index < -0.39 is 18.1 Å². The van der Waals surface area contributed by atoms with E-state index in [-0.39, 0.29) is 11.9 Å². The number of amides is 1. The summed E-state index contributed by atoms with van der Waals surface area (Å²) >= 11 is 0. The predicted octanol–water partition coefficient (Wildman–Crippen LogP) is 3.49. The van der Waals surface area contributed by atoms with Gasteiger partial charge in [-0.15, -0.1) is 0 Å². The van der Waals surface area contributed by atoms with Gasteiger partial charge in [0.1, 0.15) is 0 Å². The molecule has 6 rings (SSSR count). The van der Waals surface area contributed by atoms with Gasteiger partial charge in [-0.05, 0) is 31.7 Å². The Balaban J connectivity index is 1.21. The SMILES string of the molecule is N=C(N[C@H]1N=C(c2ccccc2)c2ccccc2NC1=O)OC(=N)c1cn(C2CCC2)nc1N[C@@H]1CCOC1. The fraction of sp³-hybridized carbons (Fsp3) is 0.321. The fourth-order valence-corrected chi connectivity index (χ4v) is 4.84. The summed E-state index contributed by atoms with van der Waals surface area (Å²) in [5.74, 6) is -0.152. The van der Waals surface area contributed by atoms with Gasteiger partial charge >= 0.3 is 0 Å². The van der Waals surface area contributed by atoms with Crippen molar-refractivity contribution in [2.75, 3.05) is 23.8 Å². The second kappa shape index (κ2) is 10.7. The van der Waals surface area contributed by atoms with Crippen LogP contribution >= 0.6 is 0 Å². The van der Waals surface area contributed by atoms with E-state index in [1.54, 1.807) is 6.20 Å². The zero-order valence-corrected chi connectivity index (χ0v) is 21.3. The molecule has 11 heteroatoms. The second-order valence-electron chi connectivity index (χ2n) is 9.85. The highest BCUT2D eigenvalue weighted by molar-refractivity contribution is 6.19. The van der Waals surface area contributed by atoms with Gasteiger partial charge in [-0.1, -0.05) is 48.5 Å². The molecular weight excluding hydrogens is 496 g/mol. The lowest BCUT2D eigenvalue weighted by Gasteiger charge is -2.25. The third kappa shape index (κ3) is 5.26. The number of anilines is 2. The standard InChI is InChI=1S/C28H30N8O3/c29-24(21-15-36(19-9-6-10-19)35-25(21)31-18-13-14-38-16-18)39-28(30)34-26-27(37)32-22-12-5-4-11-20(22)23(33-26)17-7-2-1-3-8-17/h1-5,7-8,11-12,15,18-19,26,29H,6,9-10,13-14,16H2,(H2,30,34)(H,31,35)(H,32,37)/t18-,26-/m1/s1. The Bertz CT molecular complexity index is 1420. The Morgan fingerprint density at radius 3 is 2.62 bits per heavy atom. The van der Waals surface area contributed by atoms with Gasteiger partial charge in [0.15, 0.2) is 5.82 Å². The number of fused-ring (bicyclic) bond motifs is 1. The minimum Gasteiger partial charge on any atom is -0.407 e. The molecular formula is C28H30N8O3. The first-order chi connectivity index (χ1) is 19.0. The van der Waals surface area contributed by atoms with Crippen molar-refractivity contribution in [3.8, 4) is 0 Å². The molecule has 11 nitrogen and oxygen atoms in total. The molecule has 2 aromatic carbocycles. The smallest absolute Gasteiger partial charge is 0.290 e. The lowest BCUT2D eigenvalue weighted by molar-refractivity contribution is -0.117. The van der Waals surface area contributed by atoms with Crippen LogP contribution in [-0.2, 0) is 14.3 Å². The molecule has 3 heterocycles. The minimum atomic E-state index is -1.14. The maximum Gasteiger partial charge on any atom is 0.290 e. The highest BCUT2D eigenvalue weighted by Crippen LogP contribution is 2.33. The van der Waals surface area contributed by atoms with Gasteiger partial charge in [-0.25, -0.2) is 4.99 Å². The Morgan fingerprint density at radius 2 is 1.87 bits per heavy atom. The first-order valence-electron chi connectivity index (χ1n) is 13.1. The number of benzene rings is 2. The van der Waals surface area contributed by atoms with E-state index in [2.05, 4.69) is 26.0 Å². The first-order valence-corrected chi connectivity index (χ1v) is 13.1. The quantitative estimate of drug-likeness (QED) is 0.245. The van der Waals surface area contributed by atoms with Crippen LogP contribution in [0.3, 0.4) is 0 Å². The molecule has 3 aromatic rings. The minimum absolute atomic E-state index is 0.0981. The zero-order chi connectivity index (χ0) is 26.8. The number of benzodiazepines with no additional fused rings is 1. The van der Waals surface area contributed by atoms with E-state index in [0.29, 0.717) is 42.0 Å². The van der Waals surface area contributed by atoms with Crippen LogP contribution in [0.1, 0.15) is 48.4 Å². The summed E-state index contributed by atoms with van der Waals surface area (Å²) in [4.78, 5) is 17.8. The third-order valence-corrected chi connectivity index (χ3v) is 7.16. The molecule has 39 heavy (non-hydrogen) atoms. The lowest BCUT2D eigenvalue weighted by atomic mass is 9.93. The lowest BCUT2D eigenvalue weighted by Crippen LogP contribution is -2.43. The highest BCUT2D eigenvalue weighted by Gasteiger charge is 2.29. The van der Waals surface area contributed by atoms with Crippen LogP contribution in [-0.4, -0.2) is 58.7 Å². The molecule has 1 amide bonds. The van der Waals surface area contributed by atoms with Crippen molar-refractivity contribution in [1.82, 2.24) is 15.1 Å².